The number of nitrogens with zero attached hydrogens (tertiary/aromatic N) is 2. The lowest BCUT2D eigenvalue weighted by molar-refractivity contribution is -0.385. The van der Waals surface area contributed by atoms with Crippen LogP contribution in [-0.2, 0) is 4.79 Å². The van der Waals surface area contributed by atoms with Gasteiger partial charge in [-0.15, -0.1) is 0 Å². The normalized spacial score (nSPS) is 16.0. The Morgan fingerprint density at radius 2 is 1.97 bits per heavy atom. The summed E-state index contributed by atoms with van der Waals surface area (Å²) in [5.41, 5.74) is 2.64. The number of fused-ring (bicyclic) bond motifs is 1. The molecule has 0 unspecified atom stereocenters. The van der Waals surface area contributed by atoms with Gasteiger partial charge in [0.05, 0.1) is 28.6 Å². The van der Waals surface area contributed by atoms with Crippen LogP contribution in [-0.4, -0.2) is 40.0 Å². The topological polar surface area (TPSA) is 120 Å². The van der Waals surface area contributed by atoms with E-state index < -0.39 is 16.7 Å². The van der Waals surface area contributed by atoms with Gasteiger partial charge < -0.3 is 14.2 Å². The van der Waals surface area contributed by atoms with Gasteiger partial charge in [-0.25, -0.2) is 0 Å². The summed E-state index contributed by atoms with van der Waals surface area (Å²) in [6.45, 7) is -0.0462. The first-order chi connectivity index (χ1) is 14.9. The molecule has 4 rings (SSSR count). The van der Waals surface area contributed by atoms with E-state index in [9.17, 15) is 19.7 Å². The van der Waals surface area contributed by atoms with Crippen molar-refractivity contribution < 1.29 is 28.7 Å². The molecule has 2 heterocycles. The van der Waals surface area contributed by atoms with Crippen LogP contribution in [0.3, 0.4) is 0 Å². The maximum absolute atomic E-state index is 12.8. The molecule has 2 aromatic carbocycles. The minimum atomic E-state index is -0.608. The number of carbonyl (C=O) groups is 2. The first kappa shape index (κ1) is 20.6. The van der Waals surface area contributed by atoms with Gasteiger partial charge in [-0.2, -0.15) is 5.01 Å². The van der Waals surface area contributed by atoms with E-state index in [0.717, 1.165) is 16.8 Å². The Bertz CT molecular complexity index is 1150. The number of thioether (sulfide) groups is 1. The zero-order chi connectivity index (χ0) is 22.1. The highest BCUT2D eigenvalue weighted by Crippen LogP contribution is 2.40. The fourth-order valence-electron chi connectivity index (χ4n) is 2.83. The second-order valence-corrected chi connectivity index (χ2v) is 7.88. The van der Waals surface area contributed by atoms with Crippen molar-refractivity contribution in [3.8, 4) is 17.2 Å². The van der Waals surface area contributed by atoms with Crippen molar-refractivity contribution in [2.45, 2.75) is 0 Å². The highest BCUT2D eigenvalue weighted by molar-refractivity contribution is 8.26. The number of nitro benzene ring substituents is 1. The molecule has 158 valence electrons. The van der Waals surface area contributed by atoms with Crippen molar-refractivity contribution >= 4 is 51.9 Å². The number of thiocarbonyl (C=S) groups is 1. The van der Waals surface area contributed by atoms with Crippen molar-refractivity contribution in [1.82, 2.24) is 10.4 Å². The van der Waals surface area contributed by atoms with Crippen LogP contribution in [0, 0.1) is 10.1 Å². The van der Waals surface area contributed by atoms with Gasteiger partial charge in [-0.3, -0.25) is 25.1 Å². The van der Waals surface area contributed by atoms with Crippen LogP contribution in [0.25, 0.3) is 6.08 Å². The molecule has 1 fully saturated rings. The van der Waals surface area contributed by atoms with Gasteiger partial charge in [-0.05, 0) is 48.6 Å². The van der Waals surface area contributed by atoms with Crippen molar-refractivity contribution in [1.29, 1.82) is 0 Å². The Morgan fingerprint density at radius 1 is 1.29 bits per heavy atom. The number of carbonyl (C=O) groups excluding carboxylic acids is 2. The molecule has 2 aliphatic heterocycles. The SMILES string of the molecule is COc1ccc(C(=O)NN2C(=O)/C(=C/c3cc4c(cc3[N+](=O)[O-])OCO4)SC2=S)cc1. The van der Waals surface area contributed by atoms with Gasteiger partial charge in [-0.1, -0.05) is 11.8 Å². The van der Waals surface area contributed by atoms with E-state index in [2.05, 4.69) is 5.43 Å². The third-order valence-electron chi connectivity index (χ3n) is 4.36. The molecule has 0 bridgehead atoms. The molecular formula is C19H13N3O7S2. The summed E-state index contributed by atoms with van der Waals surface area (Å²) in [6.07, 6.45) is 1.33. The van der Waals surface area contributed by atoms with Gasteiger partial charge >= 0.3 is 0 Å². The van der Waals surface area contributed by atoms with E-state index in [4.69, 9.17) is 26.4 Å². The third-order valence-corrected chi connectivity index (χ3v) is 5.67. The number of ether oxygens (including phenoxy) is 3. The monoisotopic (exact) mass is 459 g/mol. The summed E-state index contributed by atoms with van der Waals surface area (Å²) >= 11 is 6.11. The van der Waals surface area contributed by atoms with E-state index >= 15 is 0 Å². The average molecular weight is 459 g/mol. The summed E-state index contributed by atoms with van der Waals surface area (Å²) in [7, 11) is 1.51. The van der Waals surface area contributed by atoms with Gasteiger partial charge in [0.2, 0.25) is 6.79 Å². The van der Waals surface area contributed by atoms with Crippen LogP contribution in [0.2, 0.25) is 0 Å². The highest BCUT2D eigenvalue weighted by atomic mass is 32.2. The number of hydrogen-bond donors (Lipinski definition) is 1. The fraction of sp³-hybridized carbons (Fsp3) is 0.105. The van der Waals surface area contributed by atoms with E-state index in [1.54, 1.807) is 12.1 Å². The molecule has 1 N–H and O–H groups in total. The number of hydrazine groups is 1. The summed E-state index contributed by atoms with van der Waals surface area (Å²) < 4.78 is 15.6. The second-order valence-electron chi connectivity index (χ2n) is 6.21. The lowest BCUT2D eigenvalue weighted by atomic mass is 10.1. The Morgan fingerprint density at radius 3 is 2.61 bits per heavy atom. The number of rotatable bonds is 5. The van der Waals surface area contributed by atoms with Gasteiger partial charge in [0.25, 0.3) is 17.5 Å². The molecule has 12 heteroatoms. The van der Waals surface area contributed by atoms with E-state index in [1.165, 1.54) is 37.5 Å². The number of benzene rings is 2. The van der Waals surface area contributed by atoms with E-state index in [0.29, 0.717) is 17.1 Å². The Hall–Kier alpha value is -3.64. The maximum Gasteiger partial charge on any atom is 0.285 e. The standard InChI is InChI=1S/C19H13N3O7S2/c1-27-12-4-2-10(3-5-12)17(23)20-21-18(24)16(31-19(21)30)7-11-6-14-15(29-9-28-14)8-13(11)22(25)26/h2-8H,9H2,1H3,(H,20,23)/b16-7-. The number of hydrogen-bond acceptors (Lipinski definition) is 9. The Balaban J connectivity index is 1.57. The van der Waals surface area contributed by atoms with E-state index in [1.807, 2.05) is 0 Å². The predicted octanol–water partition coefficient (Wildman–Crippen LogP) is 2.88. The number of nitro groups is 1. The number of methoxy groups -OCH3 is 1. The van der Waals surface area contributed by atoms with Crippen LogP contribution >= 0.6 is 24.0 Å². The molecular weight excluding hydrogens is 446 g/mol. The molecule has 2 aliphatic rings. The molecule has 0 atom stereocenters. The summed E-state index contributed by atoms with van der Waals surface area (Å²) in [5, 5.41) is 12.4. The molecule has 2 amide bonds. The van der Waals surface area contributed by atoms with Crippen LogP contribution in [0.1, 0.15) is 15.9 Å². The summed E-state index contributed by atoms with van der Waals surface area (Å²) in [4.78, 5) is 36.2. The zero-order valence-electron chi connectivity index (χ0n) is 15.8. The first-order valence-corrected chi connectivity index (χ1v) is 9.91. The molecule has 10 nitrogen and oxygen atoms in total. The molecule has 1 saturated heterocycles. The first-order valence-electron chi connectivity index (χ1n) is 8.68. The fourth-order valence-corrected chi connectivity index (χ4v) is 4.00. The second kappa shape index (κ2) is 8.24. The average Bonchev–Trinajstić information content (AvgIpc) is 3.32. The van der Waals surface area contributed by atoms with Crippen molar-refractivity contribution in [2.24, 2.45) is 0 Å². The zero-order valence-corrected chi connectivity index (χ0v) is 17.5. The smallest absolute Gasteiger partial charge is 0.285 e. The molecule has 0 aliphatic carbocycles. The van der Waals surface area contributed by atoms with Crippen molar-refractivity contribution in [2.75, 3.05) is 13.9 Å². The highest BCUT2D eigenvalue weighted by Gasteiger charge is 2.35. The van der Waals surface area contributed by atoms with Crippen LogP contribution in [0.15, 0.2) is 41.3 Å². The Kier molecular flexibility index (Phi) is 5.48. The van der Waals surface area contributed by atoms with Crippen LogP contribution in [0.4, 0.5) is 5.69 Å². The molecule has 0 radical (unpaired) electrons. The van der Waals surface area contributed by atoms with Gasteiger partial charge in [0.15, 0.2) is 15.8 Å². The molecule has 31 heavy (non-hydrogen) atoms. The minimum absolute atomic E-state index is 0.0462. The minimum Gasteiger partial charge on any atom is -0.497 e. The molecule has 2 aromatic rings. The molecule has 0 aromatic heterocycles. The van der Waals surface area contributed by atoms with Gasteiger partial charge in [0.1, 0.15) is 5.75 Å². The summed E-state index contributed by atoms with van der Waals surface area (Å²) in [5.74, 6) is 0.0109. The molecule has 0 spiro atoms. The van der Waals surface area contributed by atoms with Gasteiger partial charge in [0, 0.05) is 5.56 Å². The molecule has 0 saturated carbocycles. The maximum atomic E-state index is 12.8. The summed E-state index contributed by atoms with van der Waals surface area (Å²) in [6, 6.07) is 8.95. The number of amides is 2. The lowest BCUT2D eigenvalue weighted by Crippen LogP contribution is -2.44. The van der Waals surface area contributed by atoms with Crippen LogP contribution in [0.5, 0.6) is 17.2 Å². The van der Waals surface area contributed by atoms with Crippen molar-refractivity contribution in [3.05, 3.63) is 62.5 Å². The largest absolute Gasteiger partial charge is 0.497 e. The lowest BCUT2D eigenvalue weighted by Gasteiger charge is -2.15. The quantitative estimate of drug-likeness (QED) is 0.311. The van der Waals surface area contributed by atoms with Crippen molar-refractivity contribution in [3.63, 3.8) is 0 Å². The van der Waals surface area contributed by atoms with E-state index in [-0.39, 0.29) is 33.0 Å². The third kappa shape index (κ3) is 4.02. The number of nitrogens with one attached hydrogen (secondary N) is 1. The Labute approximate surface area is 184 Å². The van der Waals surface area contributed by atoms with Crippen LogP contribution < -0.4 is 19.6 Å². The predicted molar refractivity (Wildman–Crippen MR) is 115 cm³/mol.